The van der Waals surface area contributed by atoms with Gasteiger partial charge in [0.1, 0.15) is 0 Å². The third kappa shape index (κ3) is 3.51. The molecule has 2 rings (SSSR count). The lowest BCUT2D eigenvalue weighted by Gasteiger charge is -2.22. The predicted molar refractivity (Wildman–Crippen MR) is 82.4 cm³/mol. The zero-order valence-corrected chi connectivity index (χ0v) is 12.3. The number of hydrogen-bond acceptors (Lipinski definition) is 3. The van der Waals surface area contributed by atoms with Crippen LogP contribution in [0.3, 0.4) is 0 Å². The average Bonchev–Trinajstić information content (AvgIpc) is 2.72. The lowest BCUT2D eigenvalue weighted by molar-refractivity contribution is 0.0761. The van der Waals surface area contributed by atoms with Gasteiger partial charge in [-0.3, -0.25) is 10.6 Å². The van der Waals surface area contributed by atoms with Gasteiger partial charge in [-0.2, -0.15) is 0 Å². The lowest BCUT2D eigenvalue weighted by atomic mass is 9.96. The summed E-state index contributed by atoms with van der Waals surface area (Å²) in [7, 11) is 0. The number of nitrogens with two attached hydrogens (primary N) is 1. The fourth-order valence-corrected chi connectivity index (χ4v) is 3.03. The molecule has 0 aromatic heterocycles. The van der Waals surface area contributed by atoms with E-state index in [0.717, 1.165) is 31.8 Å². The molecule has 1 heterocycles. The third-order valence-electron chi connectivity index (χ3n) is 4.14. The number of nitrogens with zero attached hydrogens (tertiary/aromatic N) is 1. The Labute approximate surface area is 121 Å². The first-order valence-electron chi connectivity index (χ1n) is 7.61. The van der Waals surface area contributed by atoms with Gasteiger partial charge >= 0.3 is 0 Å². The zero-order valence-electron chi connectivity index (χ0n) is 12.3. The van der Waals surface area contributed by atoms with Crippen molar-refractivity contribution in [3.05, 3.63) is 29.8 Å². The van der Waals surface area contributed by atoms with Crippen molar-refractivity contribution in [3.63, 3.8) is 0 Å². The van der Waals surface area contributed by atoms with E-state index in [1.54, 1.807) is 0 Å². The van der Waals surface area contributed by atoms with Gasteiger partial charge in [0, 0.05) is 13.1 Å². The topological polar surface area (TPSA) is 58.4 Å². The molecule has 1 aliphatic rings. The molecule has 3 N–H and O–H groups in total. The largest absolute Gasteiger partial charge is 0.339 e. The number of carbonyl (C=O) groups excluding carboxylic acids is 1. The minimum Gasteiger partial charge on any atom is -0.339 e. The monoisotopic (exact) mass is 275 g/mol. The second-order valence-electron chi connectivity index (χ2n) is 5.57. The van der Waals surface area contributed by atoms with Crippen LogP contribution in [0.15, 0.2) is 24.3 Å². The minimum absolute atomic E-state index is 0.0932. The highest BCUT2D eigenvalue weighted by Gasteiger charge is 2.22. The lowest BCUT2D eigenvalue weighted by Crippen LogP contribution is -2.32. The smallest absolute Gasteiger partial charge is 0.256 e. The molecule has 0 saturated carbocycles. The molecule has 0 radical (unpaired) electrons. The highest BCUT2D eigenvalue weighted by molar-refractivity contribution is 5.99. The molecule has 4 heteroatoms. The van der Waals surface area contributed by atoms with Crippen molar-refractivity contribution in [2.24, 2.45) is 11.8 Å². The van der Waals surface area contributed by atoms with Crippen molar-refractivity contribution in [1.29, 1.82) is 0 Å². The number of hydrogen-bond donors (Lipinski definition) is 2. The first-order valence-corrected chi connectivity index (χ1v) is 7.61. The van der Waals surface area contributed by atoms with Gasteiger partial charge in [-0.05, 0) is 37.3 Å². The maximum absolute atomic E-state index is 12.6. The maximum atomic E-state index is 12.6. The molecular weight excluding hydrogens is 250 g/mol. The van der Waals surface area contributed by atoms with Gasteiger partial charge < -0.3 is 10.3 Å². The van der Waals surface area contributed by atoms with Crippen molar-refractivity contribution in [2.75, 3.05) is 18.5 Å². The molecule has 110 valence electrons. The SMILES string of the molecule is CCCC1CCCN(C(=O)c2ccccc2NN)CC1. The molecule has 0 aliphatic carbocycles. The fraction of sp³-hybridized carbons (Fsp3) is 0.562. The molecule has 1 saturated heterocycles. The molecule has 1 aliphatic heterocycles. The normalized spacial score (nSPS) is 19.5. The Balaban J connectivity index is 2.05. The van der Waals surface area contributed by atoms with E-state index in [4.69, 9.17) is 5.84 Å². The number of para-hydroxylation sites is 1. The van der Waals surface area contributed by atoms with Crippen LogP contribution in [-0.2, 0) is 0 Å². The van der Waals surface area contributed by atoms with Gasteiger partial charge in [-0.25, -0.2) is 0 Å². The van der Waals surface area contributed by atoms with Gasteiger partial charge in [0.25, 0.3) is 5.91 Å². The van der Waals surface area contributed by atoms with Gasteiger partial charge in [0.05, 0.1) is 11.3 Å². The number of likely N-dealkylation sites (tertiary alicyclic amines) is 1. The molecule has 1 amide bonds. The molecule has 1 unspecified atom stereocenters. The Kier molecular flexibility index (Phi) is 5.41. The molecule has 1 aromatic rings. The predicted octanol–water partition coefficient (Wildman–Crippen LogP) is 3.01. The van der Waals surface area contributed by atoms with Crippen molar-refractivity contribution < 1.29 is 4.79 Å². The first kappa shape index (κ1) is 14.9. The van der Waals surface area contributed by atoms with Crippen molar-refractivity contribution >= 4 is 11.6 Å². The standard InChI is InChI=1S/C16H25N3O/c1-2-6-13-7-5-11-19(12-10-13)16(20)14-8-3-4-9-15(14)18-17/h3-4,8-9,13,18H,2,5-7,10-12,17H2,1H3. The Hall–Kier alpha value is -1.55. The molecule has 20 heavy (non-hydrogen) atoms. The summed E-state index contributed by atoms with van der Waals surface area (Å²) < 4.78 is 0. The second kappa shape index (κ2) is 7.29. The molecule has 4 nitrogen and oxygen atoms in total. The molecule has 0 bridgehead atoms. The summed E-state index contributed by atoms with van der Waals surface area (Å²) in [5.41, 5.74) is 3.98. The quantitative estimate of drug-likeness (QED) is 0.656. The molecular formula is C16H25N3O. The summed E-state index contributed by atoms with van der Waals surface area (Å²) in [5.74, 6) is 6.36. The van der Waals surface area contributed by atoms with Crippen LogP contribution in [0.4, 0.5) is 5.69 Å². The van der Waals surface area contributed by atoms with Gasteiger partial charge in [-0.15, -0.1) is 0 Å². The van der Waals surface area contributed by atoms with E-state index in [9.17, 15) is 4.79 Å². The van der Waals surface area contributed by atoms with Crippen LogP contribution in [0.25, 0.3) is 0 Å². The summed E-state index contributed by atoms with van der Waals surface area (Å²) in [5, 5.41) is 0. The third-order valence-corrected chi connectivity index (χ3v) is 4.14. The van der Waals surface area contributed by atoms with Crippen LogP contribution in [0.1, 0.15) is 49.4 Å². The number of carbonyl (C=O) groups is 1. The number of hydrazine groups is 1. The van der Waals surface area contributed by atoms with Crippen LogP contribution in [-0.4, -0.2) is 23.9 Å². The van der Waals surface area contributed by atoms with Crippen LogP contribution < -0.4 is 11.3 Å². The highest BCUT2D eigenvalue weighted by atomic mass is 16.2. The van der Waals surface area contributed by atoms with Crippen molar-refractivity contribution in [2.45, 2.75) is 39.0 Å². The van der Waals surface area contributed by atoms with Gasteiger partial charge in [0.2, 0.25) is 0 Å². The summed E-state index contributed by atoms with van der Waals surface area (Å²) in [6.45, 7) is 3.96. The Morgan fingerprint density at radius 2 is 2.15 bits per heavy atom. The number of nitrogens with one attached hydrogen (secondary N) is 1. The van der Waals surface area contributed by atoms with E-state index in [0.29, 0.717) is 11.3 Å². The number of rotatable bonds is 4. The van der Waals surface area contributed by atoms with E-state index in [1.165, 1.54) is 19.3 Å². The Morgan fingerprint density at radius 3 is 2.90 bits per heavy atom. The van der Waals surface area contributed by atoms with Crippen LogP contribution >= 0.6 is 0 Å². The van der Waals surface area contributed by atoms with Gasteiger partial charge in [-0.1, -0.05) is 31.9 Å². The van der Waals surface area contributed by atoms with E-state index in [-0.39, 0.29) is 5.91 Å². The van der Waals surface area contributed by atoms with E-state index >= 15 is 0 Å². The number of nitrogen functional groups attached to an aromatic ring is 1. The number of amides is 1. The summed E-state index contributed by atoms with van der Waals surface area (Å²) in [6, 6.07) is 7.44. The van der Waals surface area contributed by atoms with E-state index < -0.39 is 0 Å². The summed E-state index contributed by atoms with van der Waals surface area (Å²) in [4.78, 5) is 14.6. The minimum atomic E-state index is 0.0932. The highest BCUT2D eigenvalue weighted by Crippen LogP contribution is 2.24. The van der Waals surface area contributed by atoms with Crippen molar-refractivity contribution in [1.82, 2.24) is 4.90 Å². The summed E-state index contributed by atoms with van der Waals surface area (Å²) >= 11 is 0. The fourth-order valence-electron chi connectivity index (χ4n) is 3.03. The number of anilines is 1. The van der Waals surface area contributed by atoms with Crippen LogP contribution in [0.5, 0.6) is 0 Å². The molecule has 0 spiro atoms. The average molecular weight is 275 g/mol. The maximum Gasteiger partial charge on any atom is 0.256 e. The van der Waals surface area contributed by atoms with Crippen LogP contribution in [0, 0.1) is 5.92 Å². The molecule has 1 fully saturated rings. The van der Waals surface area contributed by atoms with Crippen molar-refractivity contribution in [3.8, 4) is 0 Å². The molecule has 1 aromatic carbocycles. The second-order valence-corrected chi connectivity index (χ2v) is 5.57. The molecule has 1 atom stereocenters. The zero-order chi connectivity index (χ0) is 14.4. The van der Waals surface area contributed by atoms with Gasteiger partial charge in [0.15, 0.2) is 0 Å². The van der Waals surface area contributed by atoms with E-state index in [2.05, 4.69) is 12.3 Å². The Bertz CT molecular complexity index is 447. The summed E-state index contributed by atoms with van der Waals surface area (Å²) in [6.07, 6.45) is 5.99. The van der Waals surface area contributed by atoms with Crippen LogP contribution in [0.2, 0.25) is 0 Å². The first-order chi connectivity index (χ1) is 9.76. The van der Waals surface area contributed by atoms with E-state index in [1.807, 2.05) is 29.2 Å². The Morgan fingerprint density at radius 1 is 1.35 bits per heavy atom. The number of benzene rings is 1.